The largest absolute Gasteiger partial charge is 0.496 e. The number of hydrogen-bond donors (Lipinski definition) is 1. The molecule has 0 aliphatic heterocycles. The van der Waals surface area contributed by atoms with E-state index in [1.54, 1.807) is 32.4 Å². The third-order valence-corrected chi connectivity index (χ3v) is 6.93. The number of rotatable bonds is 4. The number of methoxy groups -OCH3 is 2. The molecule has 3 nitrogen and oxygen atoms in total. The molecule has 0 amide bonds. The van der Waals surface area contributed by atoms with Crippen LogP contribution in [0.5, 0.6) is 11.5 Å². The number of hydrogen-bond acceptors (Lipinski definition) is 3. The average Bonchev–Trinajstić information content (AvgIpc) is 2.74. The Bertz CT molecular complexity index is 1080. The first-order valence-corrected chi connectivity index (χ1v) is 11.8. The molecule has 1 N–H and O–H groups in total. The van der Waals surface area contributed by atoms with Crippen LogP contribution in [-0.4, -0.2) is 19.3 Å². The second-order valence-electron chi connectivity index (χ2n) is 6.62. The van der Waals surface area contributed by atoms with Crippen LogP contribution in [0.1, 0.15) is 35.8 Å². The maximum Gasteiger partial charge on any atom is 0.147 e. The highest BCUT2D eigenvalue weighted by molar-refractivity contribution is 9.11. The van der Waals surface area contributed by atoms with Crippen molar-refractivity contribution >= 4 is 59.4 Å². The summed E-state index contributed by atoms with van der Waals surface area (Å²) in [5, 5.41) is 10.4. The van der Waals surface area contributed by atoms with Crippen molar-refractivity contribution in [3.8, 4) is 11.5 Å². The Morgan fingerprint density at radius 2 is 1.38 bits per heavy atom. The van der Waals surface area contributed by atoms with Crippen molar-refractivity contribution < 1.29 is 19.0 Å². The van der Waals surface area contributed by atoms with Gasteiger partial charge in [-0.05, 0) is 92.7 Å². The number of aliphatic hydroxyl groups is 1. The zero-order chi connectivity index (χ0) is 23.3. The summed E-state index contributed by atoms with van der Waals surface area (Å²) in [6, 6.07) is 12.0. The van der Waals surface area contributed by atoms with Crippen LogP contribution in [0.4, 0.5) is 4.39 Å². The van der Waals surface area contributed by atoms with Gasteiger partial charge in [-0.1, -0.05) is 47.1 Å². The highest BCUT2D eigenvalue weighted by Gasteiger charge is 2.20. The Kier molecular flexibility index (Phi) is 11.7. The van der Waals surface area contributed by atoms with Gasteiger partial charge < -0.3 is 14.6 Å². The lowest BCUT2D eigenvalue weighted by molar-refractivity contribution is 0.214. The predicted molar refractivity (Wildman–Crippen MR) is 141 cm³/mol. The van der Waals surface area contributed by atoms with E-state index in [1.807, 2.05) is 26.0 Å². The Morgan fingerprint density at radius 3 is 1.94 bits per heavy atom. The lowest BCUT2D eigenvalue weighted by Gasteiger charge is -2.17. The molecule has 0 aliphatic rings. The van der Waals surface area contributed by atoms with Crippen molar-refractivity contribution in [3.05, 3.63) is 89.0 Å². The lowest BCUT2D eigenvalue weighted by atomic mass is 9.97. The molecule has 1 unspecified atom stereocenters. The van der Waals surface area contributed by atoms with Gasteiger partial charge in [-0.15, -0.1) is 0 Å². The quantitative estimate of drug-likeness (QED) is 0.306. The van der Waals surface area contributed by atoms with Crippen molar-refractivity contribution in [3.63, 3.8) is 0 Å². The third-order valence-electron chi connectivity index (χ3n) is 4.54. The normalized spacial score (nSPS) is 11.1. The van der Waals surface area contributed by atoms with Gasteiger partial charge in [0.1, 0.15) is 23.4 Å². The topological polar surface area (TPSA) is 38.7 Å². The fourth-order valence-electron chi connectivity index (χ4n) is 2.81. The van der Waals surface area contributed by atoms with E-state index in [9.17, 15) is 9.50 Å². The standard InChI is InChI=1S/C15H13BrClFO2.C8H8Br2O.CH4/c1-8-6-13(20-2)11(16)7-10(8)15(19)9-4-3-5-12(17)14(9)18;1-5-3-8(11-2)7(10)4-6(5)9;/h3-7,15,19H,1-2H3;3-4H,1-2H3;1H4. The summed E-state index contributed by atoms with van der Waals surface area (Å²) in [6.07, 6.45) is -1.09. The molecule has 3 rings (SSSR count). The first kappa shape index (κ1) is 28.9. The molecule has 0 radical (unpaired) electrons. The summed E-state index contributed by atoms with van der Waals surface area (Å²) >= 11 is 15.9. The first-order chi connectivity index (χ1) is 14.6. The maximum atomic E-state index is 14.0. The highest BCUT2D eigenvalue weighted by Crippen LogP contribution is 2.35. The van der Waals surface area contributed by atoms with Crippen molar-refractivity contribution in [2.45, 2.75) is 27.4 Å². The Balaban J connectivity index is 0.000000364. The van der Waals surface area contributed by atoms with Crippen LogP contribution in [0.2, 0.25) is 5.02 Å². The Morgan fingerprint density at radius 1 is 0.844 bits per heavy atom. The molecule has 3 aromatic carbocycles. The number of aliphatic hydroxyl groups excluding tert-OH is 1. The summed E-state index contributed by atoms with van der Waals surface area (Å²) in [7, 11) is 3.22. The molecular weight excluding hydrogens is 630 g/mol. The monoisotopic (exact) mass is 652 g/mol. The summed E-state index contributed by atoms with van der Waals surface area (Å²) in [6.45, 7) is 3.86. The van der Waals surface area contributed by atoms with E-state index in [0.29, 0.717) is 15.8 Å². The minimum atomic E-state index is -1.09. The molecule has 1 atom stereocenters. The number of aryl methyl sites for hydroxylation is 2. The van der Waals surface area contributed by atoms with Gasteiger partial charge in [0, 0.05) is 10.0 Å². The van der Waals surface area contributed by atoms with Crippen LogP contribution < -0.4 is 9.47 Å². The zero-order valence-electron chi connectivity index (χ0n) is 17.3. The van der Waals surface area contributed by atoms with Crippen LogP contribution in [0.15, 0.2) is 55.9 Å². The molecule has 8 heteroatoms. The molecule has 0 fully saturated rings. The highest BCUT2D eigenvalue weighted by atomic mass is 79.9. The number of halogens is 5. The molecular formula is C24H25Br3ClFO3. The molecule has 32 heavy (non-hydrogen) atoms. The minimum Gasteiger partial charge on any atom is -0.496 e. The van der Waals surface area contributed by atoms with Crippen molar-refractivity contribution in [1.82, 2.24) is 0 Å². The van der Waals surface area contributed by atoms with Crippen LogP contribution >= 0.6 is 59.4 Å². The van der Waals surface area contributed by atoms with Crippen LogP contribution in [0, 0.1) is 19.7 Å². The third kappa shape index (κ3) is 6.94. The predicted octanol–water partition coefficient (Wildman–Crippen LogP) is 8.81. The Hall–Kier alpha value is -1.12. The smallest absolute Gasteiger partial charge is 0.147 e. The summed E-state index contributed by atoms with van der Waals surface area (Å²) in [4.78, 5) is 0. The molecule has 0 spiro atoms. The molecule has 3 aromatic rings. The van der Waals surface area contributed by atoms with Gasteiger partial charge in [0.2, 0.25) is 0 Å². The summed E-state index contributed by atoms with van der Waals surface area (Å²) < 4.78 is 27.0. The number of benzene rings is 3. The summed E-state index contributed by atoms with van der Waals surface area (Å²) in [5.41, 5.74) is 2.72. The molecule has 174 valence electrons. The maximum absolute atomic E-state index is 14.0. The molecule has 0 saturated heterocycles. The van der Waals surface area contributed by atoms with Crippen LogP contribution in [-0.2, 0) is 0 Å². The van der Waals surface area contributed by atoms with E-state index in [-0.39, 0.29) is 18.0 Å². The van der Waals surface area contributed by atoms with Gasteiger partial charge >= 0.3 is 0 Å². The van der Waals surface area contributed by atoms with E-state index in [4.69, 9.17) is 21.1 Å². The Labute approximate surface area is 219 Å². The van der Waals surface area contributed by atoms with E-state index in [1.165, 1.54) is 17.7 Å². The van der Waals surface area contributed by atoms with Crippen molar-refractivity contribution in [2.24, 2.45) is 0 Å². The van der Waals surface area contributed by atoms with E-state index >= 15 is 0 Å². The van der Waals surface area contributed by atoms with Gasteiger partial charge in [-0.3, -0.25) is 0 Å². The number of ether oxygens (including phenoxy) is 2. The molecule has 0 heterocycles. The SMILES string of the molecule is C.COc1cc(C)c(Br)cc1Br.COc1cc(C)c(C(O)c2cccc(Cl)c2F)cc1Br. The minimum absolute atomic E-state index is 0. The van der Waals surface area contributed by atoms with Gasteiger partial charge in [0.15, 0.2) is 0 Å². The fourth-order valence-corrected chi connectivity index (χ4v) is 4.67. The summed E-state index contributed by atoms with van der Waals surface area (Å²) in [5.74, 6) is 0.920. The van der Waals surface area contributed by atoms with E-state index in [2.05, 4.69) is 47.8 Å². The second-order valence-corrected chi connectivity index (χ2v) is 9.60. The zero-order valence-corrected chi connectivity index (χ0v) is 22.8. The second kappa shape index (κ2) is 12.9. The molecule has 0 aromatic heterocycles. The molecule has 0 aliphatic carbocycles. The van der Waals surface area contributed by atoms with Gasteiger partial charge in [-0.25, -0.2) is 4.39 Å². The average molecular weight is 656 g/mol. The van der Waals surface area contributed by atoms with Gasteiger partial charge in [0.25, 0.3) is 0 Å². The molecule has 0 bridgehead atoms. The lowest BCUT2D eigenvalue weighted by Crippen LogP contribution is -2.05. The van der Waals surface area contributed by atoms with Crippen LogP contribution in [0.25, 0.3) is 0 Å². The first-order valence-electron chi connectivity index (χ1n) is 9.06. The van der Waals surface area contributed by atoms with Gasteiger partial charge in [0.05, 0.1) is 28.2 Å². The van der Waals surface area contributed by atoms with Crippen molar-refractivity contribution in [1.29, 1.82) is 0 Å². The van der Waals surface area contributed by atoms with E-state index in [0.717, 1.165) is 20.3 Å². The fraction of sp³-hybridized carbons (Fsp3) is 0.250. The van der Waals surface area contributed by atoms with E-state index < -0.39 is 11.9 Å². The molecule has 0 saturated carbocycles. The van der Waals surface area contributed by atoms with Crippen molar-refractivity contribution in [2.75, 3.05) is 14.2 Å². The van der Waals surface area contributed by atoms with Gasteiger partial charge in [-0.2, -0.15) is 0 Å². The van der Waals surface area contributed by atoms with Crippen LogP contribution in [0.3, 0.4) is 0 Å².